The van der Waals surface area contributed by atoms with Gasteiger partial charge in [0.15, 0.2) is 5.75 Å². The molecule has 0 spiro atoms. The zero-order valence-corrected chi connectivity index (χ0v) is 10.2. The largest absolute Gasteiger partial charge is 0.477 e. The van der Waals surface area contributed by atoms with Gasteiger partial charge in [-0.25, -0.2) is 4.79 Å². The van der Waals surface area contributed by atoms with E-state index in [4.69, 9.17) is 4.74 Å². The Balaban J connectivity index is 2.44. The lowest BCUT2D eigenvalue weighted by atomic mass is 10.1. The maximum atomic E-state index is 11.2. The smallest absolute Gasteiger partial charge is 0.341 e. The Labute approximate surface area is 103 Å². The molecule has 0 aliphatic rings. The molecule has 0 aromatic carbocycles. The van der Waals surface area contributed by atoms with Crippen molar-refractivity contribution in [1.29, 1.82) is 0 Å². The molecular weight excluding hydrogens is 236 g/mol. The van der Waals surface area contributed by atoms with Crippen LogP contribution in [-0.2, 0) is 7.05 Å². The molecule has 18 heavy (non-hydrogen) atoms. The highest BCUT2D eigenvalue weighted by Gasteiger charge is 2.19. The Morgan fingerprint density at radius 3 is 2.67 bits per heavy atom. The molecule has 2 aromatic heterocycles. The molecule has 0 saturated heterocycles. The maximum absolute atomic E-state index is 11.2. The fourth-order valence-corrected chi connectivity index (χ4v) is 1.47. The Bertz CT molecular complexity index is 606. The van der Waals surface area contributed by atoms with Crippen LogP contribution in [0.5, 0.6) is 11.6 Å². The van der Waals surface area contributed by atoms with Crippen molar-refractivity contribution in [3.05, 3.63) is 29.2 Å². The molecule has 0 aliphatic carbocycles. The number of aromatic carboxylic acids is 1. The van der Waals surface area contributed by atoms with Gasteiger partial charge in [-0.2, -0.15) is 10.2 Å². The second-order valence-electron chi connectivity index (χ2n) is 3.85. The number of hydrogen-bond acceptors (Lipinski definition) is 5. The molecule has 0 unspecified atom stereocenters. The van der Waals surface area contributed by atoms with Crippen LogP contribution in [0.1, 0.15) is 21.6 Å². The molecule has 7 heteroatoms. The van der Waals surface area contributed by atoms with Gasteiger partial charge in [-0.3, -0.25) is 4.68 Å². The minimum atomic E-state index is -1.09. The summed E-state index contributed by atoms with van der Waals surface area (Å²) in [6.45, 7) is 3.37. The number of hydrogen-bond donors (Lipinski definition) is 1. The number of rotatable bonds is 3. The van der Waals surface area contributed by atoms with Gasteiger partial charge in [-0.15, -0.1) is 5.10 Å². The molecule has 7 nitrogen and oxygen atoms in total. The molecule has 94 valence electrons. The number of carbonyl (C=O) groups is 1. The van der Waals surface area contributed by atoms with Crippen molar-refractivity contribution in [2.24, 2.45) is 7.05 Å². The predicted octanol–water partition coefficient (Wildman–Crippen LogP) is 1.32. The van der Waals surface area contributed by atoms with Crippen molar-refractivity contribution in [2.75, 3.05) is 0 Å². The predicted molar refractivity (Wildman–Crippen MR) is 61.7 cm³/mol. The van der Waals surface area contributed by atoms with E-state index in [2.05, 4.69) is 15.3 Å². The van der Waals surface area contributed by atoms with Crippen LogP contribution in [0.4, 0.5) is 0 Å². The van der Waals surface area contributed by atoms with Gasteiger partial charge in [-0.1, -0.05) is 0 Å². The van der Waals surface area contributed by atoms with E-state index in [1.807, 2.05) is 0 Å². The van der Waals surface area contributed by atoms with E-state index in [0.29, 0.717) is 17.0 Å². The summed E-state index contributed by atoms with van der Waals surface area (Å²) in [5.74, 6) is -0.708. The number of nitrogens with zero attached hydrogens (tertiary/aromatic N) is 4. The Kier molecular flexibility index (Phi) is 2.97. The lowest BCUT2D eigenvalue weighted by Gasteiger charge is -2.08. The van der Waals surface area contributed by atoms with Crippen molar-refractivity contribution in [3.63, 3.8) is 0 Å². The Morgan fingerprint density at radius 2 is 2.11 bits per heavy atom. The topological polar surface area (TPSA) is 90.1 Å². The van der Waals surface area contributed by atoms with Crippen LogP contribution in [-0.4, -0.2) is 31.1 Å². The first-order chi connectivity index (χ1) is 8.49. The number of aromatic nitrogens is 4. The lowest BCUT2D eigenvalue weighted by molar-refractivity contribution is 0.0692. The van der Waals surface area contributed by atoms with Crippen molar-refractivity contribution in [3.8, 4) is 11.6 Å². The normalized spacial score (nSPS) is 10.4. The zero-order chi connectivity index (χ0) is 13.3. The number of ether oxygens (including phenoxy) is 1. The van der Waals surface area contributed by atoms with Gasteiger partial charge in [0.2, 0.25) is 0 Å². The van der Waals surface area contributed by atoms with E-state index in [1.165, 1.54) is 6.20 Å². The van der Waals surface area contributed by atoms with E-state index >= 15 is 0 Å². The lowest BCUT2D eigenvalue weighted by Crippen LogP contribution is -2.08. The van der Waals surface area contributed by atoms with E-state index < -0.39 is 5.97 Å². The molecular formula is C11H12N4O3. The first-order valence-corrected chi connectivity index (χ1v) is 5.22. The monoisotopic (exact) mass is 248 g/mol. The standard InChI is InChI=1S/C11H12N4O3/c1-6-7(2)13-14-10(9(6)11(16)17)18-8-4-12-15(3)5-8/h4-5H,1-3H3,(H,16,17). The highest BCUT2D eigenvalue weighted by atomic mass is 16.5. The van der Waals surface area contributed by atoms with Crippen molar-refractivity contribution < 1.29 is 14.6 Å². The van der Waals surface area contributed by atoms with Gasteiger partial charge in [0.25, 0.3) is 5.88 Å². The fourth-order valence-electron chi connectivity index (χ4n) is 1.47. The Morgan fingerprint density at radius 1 is 1.39 bits per heavy atom. The average molecular weight is 248 g/mol. The van der Waals surface area contributed by atoms with Gasteiger partial charge in [0.05, 0.1) is 18.1 Å². The zero-order valence-electron chi connectivity index (χ0n) is 10.2. The summed E-state index contributed by atoms with van der Waals surface area (Å²) in [6, 6.07) is 0. The minimum absolute atomic E-state index is 0.0198. The first kappa shape index (κ1) is 12.0. The van der Waals surface area contributed by atoms with Gasteiger partial charge in [0.1, 0.15) is 5.56 Å². The van der Waals surface area contributed by atoms with Crippen LogP contribution in [0.15, 0.2) is 12.4 Å². The van der Waals surface area contributed by atoms with E-state index in [0.717, 1.165) is 0 Å². The molecule has 2 heterocycles. The minimum Gasteiger partial charge on any atom is -0.477 e. The number of carboxylic acids is 1. The SMILES string of the molecule is Cc1nnc(Oc2cnn(C)c2)c(C(=O)O)c1C. The molecule has 0 saturated carbocycles. The molecule has 2 aromatic rings. The molecule has 0 atom stereocenters. The van der Waals surface area contributed by atoms with E-state index in [1.54, 1.807) is 31.8 Å². The summed E-state index contributed by atoms with van der Waals surface area (Å²) < 4.78 is 6.94. The summed E-state index contributed by atoms with van der Waals surface area (Å²) in [7, 11) is 1.73. The van der Waals surface area contributed by atoms with Crippen LogP contribution >= 0.6 is 0 Å². The third-order valence-corrected chi connectivity index (χ3v) is 2.53. The summed E-state index contributed by atoms with van der Waals surface area (Å²) in [4.78, 5) is 11.2. The first-order valence-electron chi connectivity index (χ1n) is 5.22. The van der Waals surface area contributed by atoms with E-state index in [9.17, 15) is 9.90 Å². The summed E-state index contributed by atoms with van der Waals surface area (Å²) in [5.41, 5.74) is 1.12. The third kappa shape index (κ3) is 2.15. The number of aryl methyl sites for hydroxylation is 2. The van der Waals surface area contributed by atoms with Gasteiger partial charge in [0, 0.05) is 7.05 Å². The maximum Gasteiger partial charge on any atom is 0.341 e. The summed E-state index contributed by atoms with van der Waals surface area (Å²) in [5, 5.41) is 20.7. The molecule has 0 fully saturated rings. The van der Waals surface area contributed by atoms with Crippen LogP contribution in [0.2, 0.25) is 0 Å². The fraction of sp³-hybridized carbons (Fsp3) is 0.273. The summed E-state index contributed by atoms with van der Waals surface area (Å²) >= 11 is 0. The highest BCUT2D eigenvalue weighted by molar-refractivity contribution is 5.92. The molecule has 2 rings (SSSR count). The van der Waals surface area contributed by atoms with Crippen molar-refractivity contribution in [2.45, 2.75) is 13.8 Å². The summed E-state index contributed by atoms with van der Waals surface area (Å²) in [6.07, 6.45) is 3.09. The average Bonchev–Trinajstić information content (AvgIpc) is 2.69. The van der Waals surface area contributed by atoms with Crippen molar-refractivity contribution >= 4 is 5.97 Å². The van der Waals surface area contributed by atoms with Crippen LogP contribution in [0.25, 0.3) is 0 Å². The number of carboxylic acid groups (broad SMARTS) is 1. The molecule has 0 aliphatic heterocycles. The Hall–Kier alpha value is -2.44. The van der Waals surface area contributed by atoms with Gasteiger partial charge < -0.3 is 9.84 Å². The van der Waals surface area contributed by atoms with E-state index in [-0.39, 0.29) is 11.4 Å². The van der Waals surface area contributed by atoms with Crippen LogP contribution in [0, 0.1) is 13.8 Å². The third-order valence-electron chi connectivity index (χ3n) is 2.53. The molecule has 0 bridgehead atoms. The second-order valence-corrected chi connectivity index (χ2v) is 3.85. The van der Waals surface area contributed by atoms with Gasteiger partial charge >= 0.3 is 5.97 Å². The van der Waals surface area contributed by atoms with Crippen LogP contribution < -0.4 is 4.74 Å². The molecule has 0 amide bonds. The quantitative estimate of drug-likeness (QED) is 0.880. The van der Waals surface area contributed by atoms with Gasteiger partial charge in [-0.05, 0) is 19.4 Å². The van der Waals surface area contributed by atoms with Crippen LogP contribution in [0.3, 0.4) is 0 Å². The molecule has 1 N–H and O–H groups in total. The second kappa shape index (κ2) is 4.44. The molecule has 0 radical (unpaired) electrons. The van der Waals surface area contributed by atoms with Crippen molar-refractivity contribution in [1.82, 2.24) is 20.0 Å². The highest BCUT2D eigenvalue weighted by Crippen LogP contribution is 2.25.